The van der Waals surface area contributed by atoms with E-state index in [-0.39, 0.29) is 6.10 Å². The maximum absolute atomic E-state index is 10.1. The normalized spacial score (nSPS) is 39.2. The molecule has 1 nitrogen and oxygen atoms in total. The van der Waals surface area contributed by atoms with Gasteiger partial charge in [0.05, 0.1) is 6.10 Å². The number of rotatable bonds is 1. The molecule has 15 heavy (non-hydrogen) atoms. The summed E-state index contributed by atoms with van der Waals surface area (Å²) < 4.78 is 0. The van der Waals surface area contributed by atoms with Crippen LogP contribution in [-0.4, -0.2) is 11.2 Å². The number of hydrogen-bond acceptors (Lipinski definition) is 1. The van der Waals surface area contributed by atoms with Crippen molar-refractivity contribution in [3.8, 4) is 0 Å². The van der Waals surface area contributed by atoms with Gasteiger partial charge in [-0.2, -0.15) is 0 Å². The molecule has 0 aromatic carbocycles. The molecule has 1 saturated carbocycles. The number of allylic oxidation sites excluding steroid dienone is 3. The minimum atomic E-state index is -0.175. The van der Waals surface area contributed by atoms with Crippen molar-refractivity contribution < 1.29 is 5.11 Å². The molecule has 0 aromatic rings. The molecule has 0 bridgehead atoms. The third kappa shape index (κ3) is 2.94. The summed E-state index contributed by atoms with van der Waals surface area (Å²) in [5, 5.41) is 10.1. The van der Waals surface area contributed by atoms with E-state index in [0.717, 1.165) is 6.42 Å². The molecule has 1 aliphatic carbocycles. The van der Waals surface area contributed by atoms with E-state index in [1.54, 1.807) is 0 Å². The molecule has 1 fully saturated rings. The number of aliphatic hydroxyl groups excluding tert-OH is 1. The first kappa shape index (κ1) is 12.5. The van der Waals surface area contributed by atoms with Crippen molar-refractivity contribution in [3.63, 3.8) is 0 Å². The van der Waals surface area contributed by atoms with E-state index in [9.17, 15) is 5.11 Å². The van der Waals surface area contributed by atoms with Crippen LogP contribution in [-0.2, 0) is 0 Å². The molecule has 0 unspecified atom stereocenters. The van der Waals surface area contributed by atoms with Crippen molar-refractivity contribution in [1.29, 1.82) is 0 Å². The summed E-state index contributed by atoms with van der Waals surface area (Å²) in [6.07, 6.45) is 5.31. The van der Waals surface area contributed by atoms with E-state index in [1.807, 2.05) is 0 Å². The minimum absolute atomic E-state index is 0.175. The number of hydrogen-bond donors (Lipinski definition) is 1. The lowest BCUT2D eigenvalue weighted by Crippen LogP contribution is -2.36. The predicted octanol–water partition coefficient (Wildman–Crippen LogP) is 3.55. The van der Waals surface area contributed by atoms with E-state index < -0.39 is 0 Å². The van der Waals surface area contributed by atoms with Crippen molar-refractivity contribution in [3.05, 3.63) is 23.3 Å². The third-order valence-electron chi connectivity index (χ3n) is 3.72. The highest BCUT2D eigenvalue weighted by Gasteiger charge is 2.33. The van der Waals surface area contributed by atoms with Crippen LogP contribution in [0.1, 0.15) is 41.0 Å². The first-order valence-corrected chi connectivity index (χ1v) is 5.95. The fourth-order valence-electron chi connectivity index (χ4n) is 2.25. The molecule has 86 valence electrons. The molecule has 0 radical (unpaired) electrons. The summed E-state index contributed by atoms with van der Waals surface area (Å²) in [7, 11) is 0. The van der Waals surface area contributed by atoms with E-state index in [4.69, 9.17) is 0 Å². The smallest absolute Gasteiger partial charge is 0.0631 e. The average molecular weight is 208 g/mol. The first-order valence-electron chi connectivity index (χ1n) is 5.95. The van der Waals surface area contributed by atoms with Crippen LogP contribution < -0.4 is 0 Å². The summed E-state index contributed by atoms with van der Waals surface area (Å²) in [6, 6.07) is 0. The maximum Gasteiger partial charge on any atom is 0.0631 e. The Morgan fingerprint density at radius 3 is 2.40 bits per heavy atom. The Hall–Kier alpha value is -0.560. The lowest BCUT2D eigenvalue weighted by molar-refractivity contribution is 0.0322. The van der Waals surface area contributed by atoms with Gasteiger partial charge >= 0.3 is 0 Å². The van der Waals surface area contributed by atoms with E-state index in [0.29, 0.717) is 17.8 Å². The zero-order valence-electron chi connectivity index (χ0n) is 10.6. The van der Waals surface area contributed by atoms with Gasteiger partial charge in [0, 0.05) is 5.92 Å². The second-order valence-electron chi connectivity index (χ2n) is 5.31. The summed E-state index contributed by atoms with van der Waals surface area (Å²) in [5.41, 5.74) is 2.71. The first-order chi connectivity index (χ1) is 6.93. The topological polar surface area (TPSA) is 20.2 Å². The van der Waals surface area contributed by atoms with Crippen LogP contribution in [0.3, 0.4) is 0 Å². The standard InChI is InChI=1S/C14H24O/c1-9(2)6-7-13-8-10(3)11(4)14(15)12(13)5/h6-7,10-12,14-15H,8H2,1-5H3/b13-7+/t10-,11+,12-,14+/m1/s1. The Kier molecular flexibility index (Phi) is 4.15. The second kappa shape index (κ2) is 4.98. The molecule has 1 N–H and O–H groups in total. The predicted molar refractivity (Wildman–Crippen MR) is 65.6 cm³/mol. The highest BCUT2D eigenvalue weighted by molar-refractivity contribution is 5.21. The van der Waals surface area contributed by atoms with Crippen LogP contribution in [0.4, 0.5) is 0 Å². The van der Waals surface area contributed by atoms with Crippen molar-refractivity contribution in [1.82, 2.24) is 0 Å². The van der Waals surface area contributed by atoms with Gasteiger partial charge in [-0.05, 0) is 32.1 Å². The molecule has 4 atom stereocenters. The summed E-state index contributed by atoms with van der Waals surface area (Å²) in [5.74, 6) is 1.32. The van der Waals surface area contributed by atoms with Gasteiger partial charge < -0.3 is 5.11 Å². The fourth-order valence-corrected chi connectivity index (χ4v) is 2.25. The molecule has 1 rings (SSSR count). The lowest BCUT2D eigenvalue weighted by atomic mass is 9.71. The number of aliphatic hydroxyl groups is 1. The lowest BCUT2D eigenvalue weighted by Gasteiger charge is -2.37. The molecule has 1 heteroatoms. The Balaban J connectivity index is 2.83. The summed E-state index contributed by atoms with van der Waals surface area (Å²) in [4.78, 5) is 0. The van der Waals surface area contributed by atoms with Gasteiger partial charge in [-0.3, -0.25) is 0 Å². The van der Waals surface area contributed by atoms with Crippen molar-refractivity contribution >= 4 is 0 Å². The van der Waals surface area contributed by atoms with Gasteiger partial charge in [0.2, 0.25) is 0 Å². The quantitative estimate of drug-likeness (QED) is 0.698. The van der Waals surface area contributed by atoms with Crippen molar-refractivity contribution in [2.45, 2.75) is 47.1 Å². The maximum atomic E-state index is 10.1. The van der Waals surface area contributed by atoms with Gasteiger partial charge in [-0.25, -0.2) is 0 Å². The highest BCUT2D eigenvalue weighted by Crippen LogP contribution is 2.37. The average Bonchev–Trinajstić information content (AvgIpc) is 2.18. The molecule has 0 aromatic heterocycles. The van der Waals surface area contributed by atoms with Gasteiger partial charge in [0.1, 0.15) is 0 Å². The monoisotopic (exact) mass is 208 g/mol. The SMILES string of the molecule is CC(C)=C/C=C1\C[C@@H](C)[C@H](C)[C@H](O)[C@@H]1C. The Morgan fingerprint density at radius 2 is 1.87 bits per heavy atom. The fraction of sp³-hybridized carbons (Fsp3) is 0.714. The van der Waals surface area contributed by atoms with Crippen molar-refractivity contribution in [2.24, 2.45) is 17.8 Å². The summed E-state index contributed by atoms with van der Waals surface area (Å²) in [6.45, 7) is 10.7. The van der Waals surface area contributed by atoms with Crippen LogP contribution in [0.25, 0.3) is 0 Å². The zero-order valence-corrected chi connectivity index (χ0v) is 10.6. The minimum Gasteiger partial charge on any atom is -0.392 e. The molecule has 0 heterocycles. The Labute approximate surface area is 93.9 Å². The largest absolute Gasteiger partial charge is 0.392 e. The summed E-state index contributed by atoms with van der Waals surface area (Å²) >= 11 is 0. The molecule has 0 saturated heterocycles. The van der Waals surface area contributed by atoms with E-state index in [1.165, 1.54) is 11.1 Å². The molecule has 0 amide bonds. The third-order valence-corrected chi connectivity index (χ3v) is 3.72. The van der Waals surface area contributed by atoms with E-state index in [2.05, 4.69) is 46.8 Å². The van der Waals surface area contributed by atoms with Crippen LogP contribution in [0, 0.1) is 17.8 Å². The zero-order chi connectivity index (χ0) is 11.6. The molecule has 1 aliphatic rings. The van der Waals surface area contributed by atoms with Gasteiger partial charge in [0.15, 0.2) is 0 Å². The van der Waals surface area contributed by atoms with Gasteiger partial charge in [-0.15, -0.1) is 0 Å². The van der Waals surface area contributed by atoms with E-state index >= 15 is 0 Å². The van der Waals surface area contributed by atoms with Crippen LogP contribution in [0.5, 0.6) is 0 Å². The van der Waals surface area contributed by atoms with Crippen LogP contribution >= 0.6 is 0 Å². The Morgan fingerprint density at radius 1 is 1.27 bits per heavy atom. The molecule has 0 spiro atoms. The molecular weight excluding hydrogens is 184 g/mol. The van der Waals surface area contributed by atoms with Crippen LogP contribution in [0.2, 0.25) is 0 Å². The second-order valence-corrected chi connectivity index (χ2v) is 5.31. The highest BCUT2D eigenvalue weighted by atomic mass is 16.3. The van der Waals surface area contributed by atoms with Gasteiger partial charge in [-0.1, -0.05) is 44.1 Å². The van der Waals surface area contributed by atoms with Gasteiger partial charge in [0.25, 0.3) is 0 Å². The van der Waals surface area contributed by atoms with Crippen LogP contribution in [0.15, 0.2) is 23.3 Å². The molecule has 0 aliphatic heterocycles. The van der Waals surface area contributed by atoms with Crippen molar-refractivity contribution in [2.75, 3.05) is 0 Å². The Bertz CT molecular complexity index is 271. The molecular formula is C14H24O.